The summed E-state index contributed by atoms with van der Waals surface area (Å²) < 4.78 is 79.5. The summed E-state index contributed by atoms with van der Waals surface area (Å²) in [5, 5.41) is 0. The van der Waals surface area contributed by atoms with Crippen LogP contribution in [0.2, 0.25) is 0 Å². The second kappa shape index (κ2) is 21.6. The SMILES string of the molecule is Cc1ccccc1OC(Oc1ccccc1C)(Oc1ccccc1C)C(Oc1ccccc1C)(Oc1ccccc1C)C(Oc1ccccc1C)(Oc1ccccc1C)O[P+]1=NP=NP=NP=N1. The Hall–Kier alpha value is -6.50. The van der Waals surface area contributed by atoms with E-state index >= 15 is 0 Å². The molecule has 0 N–H and O–H groups in total. The number of hydrogen-bond donors (Lipinski definition) is 0. The molecule has 0 fully saturated rings. The van der Waals surface area contributed by atoms with Crippen molar-refractivity contribution >= 4 is 33.7 Å². The summed E-state index contributed by atoms with van der Waals surface area (Å²) in [6.45, 7) is 13.4. The molecule has 344 valence electrons. The van der Waals surface area contributed by atoms with E-state index in [4.69, 9.17) is 46.7 Å². The van der Waals surface area contributed by atoms with Gasteiger partial charge in [-0.25, -0.2) is 0 Å². The molecule has 8 rings (SSSR count). The fourth-order valence-electron chi connectivity index (χ4n) is 7.02. The number of ether oxygens (including phenoxy) is 7. The van der Waals surface area contributed by atoms with Crippen LogP contribution in [0.3, 0.4) is 0 Å². The molecule has 68 heavy (non-hydrogen) atoms. The van der Waals surface area contributed by atoms with Crippen molar-refractivity contribution in [2.45, 2.75) is 66.2 Å². The maximum atomic E-state index is 7.78. The lowest BCUT2D eigenvalue weighted by Crippen LogP contribution is -2.83. The van der Waals surface area contributed by atoms with E-state index in [-0.39, 0.29) is 0 Å². The number of para-hydroxylation sites is 7. The zero-order chi connectivity index (χ0) is 47.6. The smallest absolute Gasteiger partial charge is 0.434 e. The molecule has 1 atom stereocenters. The predicted molar refractivity (Wildman–Crippen MR) is 269 cm³/mol. The molecule has 16 heteroatoms. The largest absolute Gasteiger partial charge is 0.556 e. The molecular weight excluding hydrogens is 932 g/mol. The zero-order valence-corrected chi connectivity index (χ0v) is 42.1. The van der Waals surface area contributed by atoms with Crippen molar-refractivity contribution in [1.82, 2.24) is 0 Å². The van der Waals surface area contributed by atoms with Gasteiger partial charge in [-0.15, -0.1) is 0 Å². The minimum atomic E-state index is -2.81. The quantitative estimate of drug-likeness (QED) is 0.0615. The number of rotatable bonds is 18. The monoisotopic (exact) mass is 981 g/mol. The summed E-state index contributed by atoms with van der Waals surface area (Å²) in [5.74, 6) is -6.08. The third kappa shape index (κ3) is 10.6. The molecule has 1 aliphatic rings. The molecule has 12 nitrogen and oxygen atoms in total. The molecule has 0 aromatic heterocycles. The summed E-state index contributed by atoms with van der Waals surface area (Å²) >= 11 is 0. The second-order valence-corrected chi connectivity index (χ2v) is 19.9. The Kier molecular flexibility index (Phi) is 15.3. The zero-order valence-electron chi connectivity index (χ0n) is 38.5. The molecule has 1 aliphatic heterocycles. The highest BCUT2D eigenvalue weighted by Gasteiger charge is 2.86. The lowest BCUT2D eigenvalue weighted by Gasteiger charge is -2.50. The van der Waals surface area contributed by atoms with Crippen LogP contribution >= 0.6 is 33.7 Å². The summed E-state index contributed by atoms with van der Waals surface area (Å²) in [6, 6.07) is 52.4. The Morgan fingerprint density at radius 2 is 0.588 bits per heavy atom. The Morgan fingerprint density at radius 1 is 0.324 bits per heavy atom. The van der Waals surface area contributed by atoms with Gasteiger partial charge in [-0.3, -0.25) is 0 Å². The summed E-state index contributed by atoms with van der Waals surface area (Å²) in [4.78, 5) is 0. The van der Waals surface area contributed by atoms with Gasteiger partial charge in [0, 0.05) is 9.03 Å². The van der Waals surface area contributed by atoms with Crippen LogP contribution in [0.5, 0.6) is 40.2 Å². The molecule has 0 saturated carbocycles. The van der Waals surface area contributed by atoms with E-state index in [2.05, 4.69) is 9.03 Å². The van der Waals surface area contributed by atoms with Crippen LogP contribution in [0.15, 0.2) is 188 Å². The number of benzene rings is 7. The van der Waals surface area contributed by atoms with E-state index in [0.717, 1.165) is 16.7 Å². The fraction of sp³-hybridized carbons (Fsp3) is 0.192. The third-order valence-electron chi connectivity index (χ3n) is 10.8. The van der Waals surface area contributed by atoms with Crippen LogP contribution in [-0.2, 0) is 4.52 Å². The van der Waals surface area contributed by atoms with Gasteiger partial charge in [0.15, 0.2) is 8.52 Å². The molecule has 1 heterocycles. The van der Waals surface area contributed by atoms with Crippen molar-refractivity contribution in [3.63, 3.8) is 0 Å². The molecule has 1 unspecified atom stereocenters. The van der Waals surface area contributed by atoms with E-state index in [1.807, 2.05) is 206 Å². The van der Waals surface area contributed by atoms with Gasteiger partial charge >= 0.3 is 25.8 Å². The van der Waals surface area contributed by atoms with Crippen molar-refractivity contribution in [3.05, 3.63) is 209 Å². The van der Waals surface area contributed by atoms with E-state index in [9.17, 15) is 0 Å². The first-order valence-electron chi connectivity index (χ1n) is 21.6. The number of hydrogen-bond acceptors (Lipinski definition) is 12. The maximum absolute atomic E-state index is 7.78. The average Bonchev–Trinajstić information content (AvgIpc) is 3.32. The molecule has 0 spiro atoms. The first-order valence-corrected chi connectivity index (χ1v) is 25.2. The van der Waals surface area contributed by atoms with Crippen molar-refractivity contribution in [2.24, 2.45) is 18.1 Å². The highest BCUT2D eigenvalue weighted by molar-refractivity contribution is 7.55. The second-order valence-electron chi connectivity index (χ2n) is 15.8. The molecule has 7 aromatic carbocycles. The van der Waals surface area contributed by atoms with Crippen LogP contribution in [0.25, 0.3) is 0 Å². The van der Waals surface area contributed by atoms with Crippen molar-refractivity contribution in [3.8, 4) is 40.2 Å². The minimum Gasteiger partial charge on any atom is -0.434 e. The number of nitrogens with zero attached hydrogens (tertiary/aromatic N) is 4. The standard InChI is InChI=1S/C52H49N4O8P4/c1-36-22-8-15-29-43(36)57-50(58-44-30-16-9-23-37(44)2,51(59-45-31-17-10-24-38(45)3,60-46-32-18-11-25-39(46)4)61-47-33-19-12-26-40(47)5)52(62-48-34-20-13-27-41(48)6,63-49-35-21-14-28-42(49)7)64-68-55-66-53-65-54-67-56-68/h8-35H,1-7H3/q+1. The fourth-order valence-corrected chi connectivity index (χ4v) is 10.4. The van der Waals surface area contributed by atoms with Gasteiger partial charge in [0.2, 0.25) is 17.0 Å². The first-order chi connectivity index (χ1) is 33.0. The highest BCUT2D eigenvalue weighted by Crippen LogP contribution is 2.55. The Morgan fingerprint density at radius 3 is 0.897 bits per heavy atom. The maximum Gasteiger partial charge on any atom is 0.556 e. The van der Waals surface area contributed by atoms with Crippen molar-refractivity contribution in [2.75, 3.05) is 0 Å². The van der Waals surface area contributed by atoms with Crippen molar-refractivity contribution in [1.29, 1.82) is 0 Å². The van der Waals surface area contributed by atoms with Crippen LogP contribution in [0, 0.1) is 48.5 Å². The van der Waals surface area contributed by atoms with Crippen LogP contribution in [0.4, 0.5) is 0 Å². The normalized spacial score (nSPS) is 13.8. The van der Waals surface area contributed by atoms with Crippen LogP contribution in [-0.4, -0.2) is 17.7 Å². The average molecular weight is 982 g/mol. The molecule has 0 saturated heterocycles. The summed E-state index contributed by atoms with van der Waals surface area (Å²) in [6.07, 6.45) is 0. The molecule has 7 aromatic rings. The van der Waals surface area contributed by atoms with E-state index in [0.29, 0.717) is 88.1 Å². The Labute approximate surface area is 403 Å². The molecule has 0 bridgehead atoms. The summed E-state index contributed by atoms with van der Waals surface area (Å²) in [7, 11) is -1.27. The van der Waals surface area contributed by atoms with Gasteiger partial charge in [-0.1, -0.05) is 127 Å². The molecule has 0 aliphatic carbocycles. The Bertz CT molecular complexity index is 2810. The number of aryl methyl sites for hydroxylation is 7. The van der Waals surface area contributed by atoms with E-state index in [1.54, 1.807) is 12.1 Å². The van der Waals surface area contributed by atoms with Gasteiger partial charge < -0.3 is 33.2 Å². The predicted octanol–water partition coefficient (Wildman–Crippen LogP) is 16.4. The van der Waals surface area contributed by atoms with Gasteiger partial charge in [0.05, 0.1) is 0 Å². The highest BCUT2D eigenvalue weighted by atomic mass is 31.2. The Balaban J connectivity index is 1.64. The van der Waals surface area contributed by atoms with Gasteiger partial charge in [-0.2, -0.15) is 9.03 Å². The van der Waals surface area contributed by atoms with Crippen LogP contribution < -0.4 is 33.2 Å². The van der Waals surface area contributed by atoms with E-state index in [1.165, 1.54) is 0 Å². The lowest BCUT2D eigenvalue weighted by atomic mass is 10.1. The molecule has 0 amide bonds. The van der Waals surface area contributed by atoms with Crippen LogP contribution in [0.1, 0.15) is 38.9 Å². The lowest BCUT2D eigenvalue weighted by molar-refractivity contribution is -0.486. The van der Waals surface area contributed by atoms with Crippen molar-refractivity contribution < 1.29 is 37.7 Å². The molecule has 0 radical (unpaired) electrons. The van der Waals surface area contributed by atoms with Gasteiger partial charge in [0.1, 0.15) is 40.2 Å². The minimum absolute atomic E-state index is 0.298. The third-order valence-corrected chi connectivity index (χ3v) is 14.3. The molecular formula is C52H49N4O8P4+. The topological polar surface area (TPSA) is 123 Å². The van der Waals surface area contributed by atoms with E-state index < -0.39 is 25.8 Å². The first kappa shape index (κ1) is 48.0. The van der Waals surface area contributed by atoms with Gasteiger partial charge in [-0.05, 0) is 134 Å². The van der Waals surface area contributed by atoms with Gasteiger partial charge in [0.25, 0.3) is 0 Å². The summed E-state index contributed by atoms with van der Waals surface area (Å²) in [5.41, 5.74) is 4.97.